The van der Waals surface area contributed by atoms with Crippen molar-refractivity contribution >= 4 is 5.91 Å². The molecule has 18 heavy (non-hydrogen) atoms. The molecule has 2 aliphatic heterocycles. The number of nitrogens with zero attached hydrogens (tertiary/aromatic N) is 2. The molecule has 2 aliphatic rings. The number of aliphatic hydroxyl groups is 1. The van der Waals surface area contributed by atoms with Crippen LogP contribution in [0.5, 0.6) is 0 Å². The van der Waals surface area contributed by atoms with E-state index in [9.17, 15) is 9.90 Å². The lowest BCUT2D eigenvalue weighted by molar-refractivity contribution is -0.133. The smallest absolute Gasteiger partial charge is 0.237 e. The van der Waals surface area contributed by atoms with Crippen LogP contribution in [-0.4, -0.2) is 72.2 Å². The summed E-state index contributed by atoms with van der Waals surface area (Å²) in [5.41, 5.74) is 0. The average molecular weight is 255 g/mol. The molecule has 0 bridgehead atoms. The summed E-state index contributed by atoms with van der Waals surface area (Å²) < 4.78 is 0. The Kier molecular flexibility index (Phi) is 4.97. The van der Waals surface area contributed by atoms with Crippen LogP contribution >= 0.6 is 0 Å². The Morgan fingerprint density at radius 1 is 1.39 bits per heavy atom. The molecule has 0 aromatic heterocycles. The predicted octanol–water partition coefficient (Wildman–Crippen LogP) is -0.346. The summed E-state index contributed by atoms with van der Waals surface area (Å²) >= 11 is 0. The first-order chi connectivity index (χ1) is 8.66. The highest BCUT2D eigenvalue weighted by atomic mass is 16.3. The van der Waals surface area contributed by atoms with E-state index >= 15 is 0 Å². The number of nitrogens with one attached hydrogen (secondary N) is 1. The topological polar surface area (TPSA) is 55.8 Å². The predicted molar refractivity (Wildman–Crippen MR) is 70.3 cm³/mol. The first-order valence-corrected chi connectivity index (χ1v) is 7.07. The van der Waals surface area contributed by atoms with E-state index in [0.717, 1.165) is 45.6 Å². The molecule has 2 fully saturated rings. The first kappa shape index (κ1) is 13.8. The second-order valence-electron chi connectivity index (χ2n) is 5.49. The van der Waals surface area contributed by atoms with Crippen molar-refractivity contribution in [2.45, 2.75) is 38.3 Å². The van der Waals surface area contributed by atoms with Gasteiger partial charge in [-0.05, 0) is 26.2 Å². The molecule has 0 radical (unpaired) electrons. The Morgan fingerprint density at radius 2 is 2.11 bits per heavy atom. The third kappa shape index (κ3) is 3.67. The van der Waals surface area contributed by atoms with Crippen LogP contribution in [-0.2, 0) is 4.79 Å². The van der Waals surface area contributed by atoms with Crippen molar-refractivity contribution in [3.05, 3.63) is 0 Å². The standard InChI is InChI=1S/C13H25N3O2/c1-11(17)9-12-3-2-6-16(12)13(18)10-15-7-4-14-5-8-15/h11-12,14,17H,2-10H2,1H3. The van der Waals surface area contributed by atoms with Crippen molar-refractivity contribution in [2.24, 2.45) is 0 Å². The maximum Gasteiger partial charge on any atom is 0.237 e. The zero-order valence-electron chi connectivity index (χ0n) is 11.3. The number of piperazine rings is 1. The number of amides is 1. The SMILES string of the molecule is CC(O)CC1CCCN1C(=O)CN1CCNCC1. The fraction of sp³-hybridized carbons (Fsp3) is 0.923. The quantitative estimate of drug-likeness (QED) is 0.721. The van der Waals surface area contributed by atoms with Crippen LogP contribution in [0.25, 0.3) is 0 Å². The normalized spacial score (nSPS) is 27.4. The van der Waals surface area contributed by atoms with E-state index in [0.29, 0.717) is 13.0 Å². The molecule has 2 rings (SSSR count). The Hall–Kier alpha value is -0.650. The Labute approximate surface area is 109 Å². The van der Waals surface area contributed by atoms with E-state index in [1.54, 1.807) is 6.92 Å². The van der Waals surface area contributed by atoms with Crippen LogP contribution in [0, 0.1) is 0 Å². The van der Waals surface area contributed by atoms with Crippen LogP contribution in [0.1, 0.15) is 26.2 Å². The average Bonchev–Trinajstić information content (AvgIpc) is 2.77. The van der Waals surface area contributed by atoms with Crippen LogP contribution in [0.4, 0.5) is 0 Å². The largest absolute Gasteiger partial charge is 0.393 e. The van der Waals surface area contributed by atoms with Gasteiger partial charge in [-0.15, -0.1) is 0 Å². The van der Waals surface area contributed by atoms with Gasteiger partial charge in [-0.25, -0.2) is 0 Å². The van der Waals surface area contributed by atoms with Crippen molar-refractivity contribution in [1.82, 2.24) is 15.1 Å². The van der Waals surface area contributed by atoms with Gasteiger partial charge >= 0.3 is 0 Å². The summed E-state index contributed by atoms with van der Waals surface area (Å²) in [5, 5.41) is 12.8. The second kappa shape index (κ2) is 6.50. The summed E-state index contributed by atoms with van der Waals surface area (Å²) in [4.78, 5) is 16.5. The third-order valence-electron chi connectivity index (χ3n) is 3.88. The van der Waals surface area contributed by atoms with Crippen molar-refractivity contribution in [2.75, 3.05) is 39.3 Å². The number of rotatable bonds is 4. The second-order valence-corrected chi connectivity index (χ2v) is 5.49. The molecule has 2 heterocycles. The van der Waals surface area contributed by atoms with E-state index in [1.165, 1.54) is 0 Å². The van der Waals surface area contributed by atoms with Gasteiger partial charge in [-0.2, -0.15) is 0 Å². The van der Waals surface area contributed by atoms with Gasteiger partial charge in [-0.3, -0.25) is 9.69 Å². The van der Waals surface area contributed by atoms with Gasteiger partial charge in [0.2, 0.25) is 5.91 Å². The van der Waals surface area contributed by atoms with Crippen LogP contribution in [0.3, 0.4) is 0 Å². The van der Waals surface area contributed by atoms with E-state index in [-0.39, 0.29) is 18.1 Å². The van der Waals surface area contributed by atoms with E-state index in [1.807, 2.05) is 4.90 Å². The van der Waals surface area contributed by atoms with Gasteiger partial charge in [0.1, 0.15) is 0 Å². The summed E-state index contributed by atoms with van der Waals surface area (Å²) in [6, 6.07) is 0.250. The summed E-state index contributed by atoms with van der Waals surface area (Å²) in [5.74, 6) is 0.236. The molecule has 2 N–H and O–H groups in total. The van der Waals surface area contributed by atoms with E-state index < -0.39 is 0 Å². The minimum atomic E-state index is -0.317. The summed E-state index contributed by atoms with van der Waals surface area (Å²) in [6.45, 7) is 7.08. The molecule has 0 aliphatic carbocycles. The van der Waals surface area contributed by atoms with Crippen LogP contribution in [0.15, 0.2) is 0 Å². The zero-order chi connectivity index (χ0) is 13.0. The number of hydrogen-bond donors (Lipinski definition) is 2. The maximum absolute atomic E-state index is 12.3. The van der Waals surface area contributed by atoms with Crippen molar-refractivity contribution < 1.29 is 9.90 Å². The van der Waals surface area contributed by atoms with E-state index in [4.69, 9.17) is 0 Å². The minimum absolute atomic E-state index is 0.236. The van der Waals surface area contributed by atoms with Gasteiger partial charge in [0, 0.05) is 38.8 Å². The Morgan fingerprint density at radius 3 is 2.78 bits per heavy atom. The van der Waals surface area contributed by atoms with E-state index in [2.05, 4.69) is 10.2 Å². The van der Waals surface area contributed by atoms with Gasteiger partial charge in [0.15, 0.2) is 0 Å². The Balaban J connectivity index is 1.83. The molecule has 5 nitrogen and oxygen atoms in total. The molecule has 0 aromatic carbocycles. The van der Waals surface area contributed by atoms with Gasteiger partial charge in [0.05, 0.1) is 12.6 Å². The molecule has 0 spiro atoms. The van der Waals surface area contributed by atoms with Crippen LogP contribution in [0.2, 0.25) is 0 Å². The number of hydrogen-bond acceptors (Lipinski definition) is 4. The van der Waals surface area contributed by atoms with Crippen molar-refractivity contribution in [3.63, 3.8) is 0 Å². The monoisotopic (exact) mass is 255 g/mol. The molecule has 2 unspecified atom stereocenters. The molecule has 2 atom stereocenters. The lowest BCUT2D eigenvalue weighted by atomic mass is 10.1. The zero-order valence-corrected chi connectivity index (χ0v) is 11.3. The Bertz CT molecular complexity index is 277. The highest BCUT2D eigenvalue weighted by Crippen LogP contribution is 2.21. The molecule has 1 amide bonds. The van der Waals surface area contributed by atoms with Gasteiger partial charge < -0.3 is 15.3 Å². The molecule has 5 heteroatoms. The minimum Gasteiger partial charge on any atom is -0.393 e. The highest BCUT2D eigenvalue weighted by Gasteiger charge is 2.30. The lowest BCUT2D eigenvalue weighted by Gasteiger charge is -2.31. The van der Waals surface area contributed by atoms with Gasteiger partial charge in [0.25, 0.3) is 0 Å². The third-order valence-corrected chi connectivity index (χ3v) is 3.88. The summed E-state index contributed by atoms with van der Waals surface area (Å²) in [7, 11) is 0. The molecular weight excluding hydrogens is 230 g/mol. The molecule has 2 saturated heterocycles. The van der Waals surface area contributed by atoms with Crippen LogP contribution < -0.4 is 5.32 Å². The molecule has 0 aromatic rings. The summed E-state index contributed by atoms with van der Waals surface area (Å²) in [6.07, 6.45) is 2.51. The fourth-order valence-electron chi connectivity index (χ4n) is 2.95. The first-order valence-electron chi connectivity index (χ1n) is 7.07. The van der Waals surface area contributed by atoms with Crippen molar-refractivity contribution in [3.8, 4) is 0 Å². The number of carbonyl (C=O) groups is 1. The number of likely N-dealkylation sites (tertiary alicyclic amines) is 1. The maximum atomic E-state index is 12.3. The molecular formula is C13H25N3O2. The fourth-order valence-corrected chi connectivity index (χ4v) is 2.95. The number of carbonyl (C=O) groups excluding carboxylic acids is 1. The lowest BCUT2D eigenvalue weighted by Crippen LogP contribution is -2.49. The van der Waals surface area contributed by atoms with Gasteiger partial charge in [-0.1, -0.05) is 0 Å². The number of aliphatic hydroxyl groups excluding tert-OH is 1. The molecule has 104 valence electrons. The molecule has 0 saturated carbocycles. The van der Waals surface area contributed by atoms with Crippen molar-refractivity contribution in [1.29, 1.82) is 0 Å². The highest BCUT2D eigenvalue weighted by molar-refractivity contribution is 5.78.